The van der Waals surface area contributed by atoms with E-state index in [0.29, 0.717) is 13.0 Å². The largest absolute Gasteiger partial charge is 0.342 e. The Bertz CT molecular complexity index is 626. The van der Waals surface area contributed by atoms with Crippen molar-refractivity contribution in [2.75, 3.05) is 45.8 Å². The first-order chi connectivity index (χ1) is 13.7. The molecule has 0 aliphatic carbocycles. The number of carbonyl (C=O) groups excluding carboxylic acids is 2. The molecule has 2 fully saturated rings. The summed E-state index contributed by atoms with van der Waals surface area (Å²) >= 11 is 0. The second-order valence-electron chi connectivity index (χ2n) is 8.21. The molecule has 5 heteroatoms. The average Bonchev–Trinajstić information content (AvgIpc) is 2.98. The molecule has 0 saturated carbocycles. The summed E-state index contributed by atoms with van der Waals surface area (Å²) in [6.45, 7) is 7.50. The molecule has 2 aliphatic rings. The Labute approximate surface area is 169 Å². The number of nitrogens with zero attached hydrogens (tertiary/aromatic N) is 3. The molecule has 1 aromatic carbocycles. The topological polar surface area (TPSA) is 43.9 Å². The van der Waals surface area contributed by atoms with Crippen LogP contribution in [-0.2, 0) is 16.0 Å². The van der Waals surface area contributed by atoms with Crippen LogP contribution in [0.15, 0.2) is 30.3 Å². The van der Waals surface area contributed by atoms with Gasteiger partial charge in [0.1, 0.15) is 0 Å². The van der Waals surface area contributed by atoms with Gasteiger partial charge in [-0.3, -0.25) is 14.5 Å². The summed E-state index contributed by atoms with van der Waals surface area (Å²) in [7, 11) is 0. The summed E-state index contributed by atoms with van der Waals surface area (Å²) < 4.78 is 0. The fourth-order valence-corrected chi connectivity index (χ4v) is 4.38. The van der Waals surface area contributed by atoms with E-state index in [2.05, 4.69) is 40.1 Å². The number of amides is 2. The molecule has 0 bridgehead atoms. The molecule has 2 amide bonds. The van der Waals surface area contributed by atoms with E-state index < -0.39 is 0 Å². The second-order valence-corrected chi connectivity index (χ2v) is 8.21. The van der Waals surface area contributed by atoms with Gasteiger partial charge in [0.2, 0.25) is 11.8 Å². The Kier molecular flexibility index (Phi) is 7.90. The van der Waals surface area contributed by atoms with E-state index in [1.807, 2.05) is 11.8 Å². The molecule has 0 unspecified atom stereocenters. The highest BCUT2D eigenvalue weighted by molar-refractivity contribution is 5.78. The second kappa shape index (κ2) is 10.6. The van der Waals surface area contributed by atoms with Crippen molar-refractivity contribution in [2.45, 2.75) is 45.4 Å². The van der Waals surface area contributed by atoms with Gasteiger partial charge in [0, 0.05) is 45.7 Å². The molecule has 1 aromatic rings. The number of aryl methyl sites for hydroxylation is 1. The zero-order valence-corrected chi connectivity index (χ0v) is 17.3. The fraction of sp³-hybridized carbons (Fsp3) is 0.652. The lowest BCUT2D eigenvalue weighted by Gasteiger charge is -2.33. The van der Waals surface area contributed by atoms with Gasteiger partial charge in [-0.2, -0.15) is 0 Å². The third-order valence-corrected chi connectivity index (χ3v) is 6.25. The number of piperidine rings is 1. The van der Waals surface area contributed by atoms with Crippen LogP contribution in [0, 0.1) is 5.92 Å². The lowest BCUT2D eigenvalue weighted by molar-refractivity contribution is -0.133. The number of hydrogen-bond donors (Lipinski definition) is 0. The van der Waals surface area contributed by atoms with E-state index in [-0.39, 0.29) is 11.8 Å². The zero-order valence-electron chi connectivity index (χ0n) is 17.3. The Hall–Kier alpha value is -1.88. The van der Waals surface area contributed by atoms with Crippen molar-refractivity contribution < 1.29 is 9.59 Å². The fourth-order valence-electron chi connectivity index (χ4n) is 4.38. The molecule has 0 spiro atoms. The SMILES string of the molecule is CCC(=O)N1CCCN(CC(=O)N2CCC(CCc3ccccc3)CC2)CC1. The van der Waals surface area contributed by atoms with Gasteiger partial charge in [0.15, 0.2) is 0 Å². The number of carbonyl (C=O) groups is 2. The minimum atomic E-state index is 0.228. The van der Waals surface area contributed by atoms with Crippen LogP contribution in [0.25, 0.3) is 0 Å². The summed E-state index contributed by atoms with van der Waals surface area (Å²) in [4.78, 5) is 30.9. The highest BCUT2D eigenvalue weighted by atomic mass is 16.2. The van der Waals surface area contributed by atoms with Gasteiger partial charge in [-0.1, -0.05) is 37.3 Å². The summed E-state index contributed by atoms with van der Waals surface area (Å²) in [6, 6.07) is 10.7. The van der Waals surface area contributed by atoms with Crippen LogP contribution < -0.4 is 0 Å². The van der Waals surface area contributed by atoms with E-state index in [0.717, 1.165) is 70.9 Å². The van der Waals surface area contributed by atoms with Crippen LogP contribution >= 0.6 is 0 Å². The van der Waals surface area contributed by atoms with Crippen LogP contribution in [0.2, 0.25) is 0 Å². The Morgan fingerprint density at radius 3 is 2.32 bits per heavy atom. The van der Waals surface area contributed by atoms with Crippen molar-refractivity contribution >= 4 is 11.8 Å². The van der Waals surface area contributed by atoms with Gasteiger partial charge in [-0.25, -0.2) is 0 Å². The molecule has 2 heterocycles. The van der Waals surface area contributed by atoms with E-state index in [4.69, 9.17) is 0 Å². The maximum absolute atomic E-state index is 12.7. The smallest absolute Gasteiger partial charge is 0.236 e. The minimum Gasteiger partial charge on any atom is -0.342 e. The summed E-state index contributed by atoms with van der Waals surface area (Å²) in [5.74, 6) is 1.22. The molecular weight excluding hydrogens is 350 g/mol. The summed E-state index contributed by atoms with van der Waals surface area (Å²) in [5.41, 5.74) is 1.41. The van der Waals surface area contributed by atoms with E-state index in [1.165, 1.54) is 12.0 Å². The number of rotatable bonds is 6. The third-order valence-electron chi connectivity index (χ3n) is 6.25. The quantitative estimate of drug-likeness (QED) is 0.756. The van der Waals surface area contributed by atoms with Gasteiger partial charge in [-0.15, -0.1) is 0 Å². The van der Waals surface area contributed by atoms with Crippen LogP contribution in [0.3, 0.4) is 0 Å². The van der Waals surface area contributed by atoms with E-state index in [9.17, 15) is 9.59 Å². The Morgan fingerprint density at radius 1 is 0.893 bits per heavy atom. The highest BCUT2D eigenvalue weighted by Crippen LogP contribution is 2.22. The van der Waals surface area contributed by atoms with Gasteiger partial charge in [0.25, 0.3) is 0 Å². The molecule has 0 aromatic heterocycles. The molecule has 2 saturated heterocycles. The highest BCUT2D eigenvalue weighted by Gasteiger charge is 2.25. The molecule has 3 rings (SSSR count). The predicted octanol–water partition coefficient (Wildman–Crippen LogP) is 2.80. The predicted molar refractivity (Wildman–Crippen MR) is 112 cm³/mol. The molecule has 28 heavy (non-hydrogen) atoms. The van der Waals surface area contributed by atoms with Crippen LogP contribution in [0.4, 0.5) is 0 Å². The van der Waals surface area contributed by atoms with Crippen molar-refractivity contribution in [3.8, 4) is 0 Å². The van der Waals surface area contributed by atoms with Gasteiger partial charge < -0.3 is 9.80 Å². The van der Waals surface area contributed by atoms with Crippen molar-refractivity contribution in [1.29, 1.82) is 0 Å². The number of benzene rings is 1. The van der Waals surface area contributed by atoms with Crippen molar-refractivity contribution in [3.63, 3.8) is 0 Å². The van der Waals surface area contributed by atoms with Crippen LogP contribution in [0.1, 0.15) is 44.6 Å². The first-order valence-corrected chi connectivity index (χ1v) is 11.0. The maximum Gasteiger partial charge on any atom is 0.236 e. The molecule has 0 atom stereocenters. The average molecular weight is 386 g/mol. The van der Waals surface area contributed by atoms with Crippen molar-refractivity contribution in [3.05, 3.63) is 35.9 Å². The van der Waals surface area contributed by atoms with Gasteiger partial charge in [0.05, 0.1) is 6.54 Å². The summed E-state index contributed by atoms with van der Waals surface area (Å²) in [6.07, 6.45) is 6.13. The molecular formula is C23H35N3O2. The first-order valence-electron chi connectivity index (χ1n) is 11.0. The van der Waals surface area contributed by atoms with Crippen LogP contribution in [-0.4, -0.2) is 72.3 Å². The molecule has 2 aliphatic heterocycles. The van der Waals surface area contributed by atoms with Crippen LogP contribution in [0.5, 0.6) is 0 Å². The van der Waals surface area contributed by atoms with Crippen molar-refractivity contribution in [1.82, 2.24) is 14.7 Å². The Morgan fingerprint density at radius 2 is 1.61 bits per heavy atom. The van der Waals surface area contributed by atoms with Gasteiger partial charge in [-0.05, 0) is 43.6 Å². The standard InChI is InChI=1S/C23H35N3O2/c1-2-22(27)25-14-6-13-24(17-18-25)19-23(28)26-15-11-21(12-16-26)10-9-20-7-4-3-5-8-20/h3-5,7-8,21H,2,6,9-19H2,1H3. The minimum absolute atomic E-state index is 0.228. The maximum atomic E-state index is 12.7. The normalized spacial score (nSPS) is 19.5. The van der Waals surface area contributed by atoms with Crippen molar-refractivity contribution in [2.24, 2.45) is 5.92 Å². The number of hydrogen-bond acceptors (Lipinski definition) is 3. The molecule has 0 N–H and O–H groups in total. The lowest BCUT2D eigenvalue weighted by Crippen LogP contribution is -2.45. The molecule has 0 radical (unpaired) electrons. The Balaban J connectivity index is 1.37. The zero-order chi connectivity index (χ0) is 19.8. The lowest BCUT2D eigenvalue weighted by atomic mass is 9.90. The first kappa shape index (κ1) is 20.8. The number of likely N-dealkylation sites (tertiary alicyclic amines) is 1. The monoisotopic (exact) mass is 385 g/mol. The van der Waals surface area contributed by atoms with Gasteiger partial charge >= 0.3 is 0 Å². The van der Waals surface area contributed by atoms with E-state index >= 15 is 0 Å². The van der Waals surface area contributed by atoms with E-state index in [1.54, 1.807) is 0 Å². The molecule has 5 nitrogen and oxygen atoms in total. The third kappa shape index (κ3) is 6.06. The summed E-state index contributed by atoms with van der Waals surface area (Å²) in [5, 5.41) is 0. The molecule has 154 valence electrons.